The average Bonchev–Trinajstić information content (AvgIpc) is 1.84. The third-order valence-electron chi connectivity index (χ3n) is 0.878. The highest BCUT2D eigenvalue weighted by Gasteiger charge is 2.26. The minimum atomic E-state index is -1.46. The zero-order chi connectivity index (χ0) is 8.31. The summed E-state index contributed by atoms with van der Waals surface area (Å²) < 4.78 is 0. The molecule has 0 aliphatic carbocycles. The Hall–Kier alpha value is -0.750. The lowest BCUT2D eigenvalue weighted by molar-refractivity contribution is -0.144. The van der Waals surface area contributed by atoms with Crippen molar-refractivity contribution < 1.29 is 19.8 Å². The summed E-state index contributed by atoms with van der Waals surface area (Å²) in [6, 6.07) is -1.46. The van der Waals surface area contributed by atoms with Crippen LogP contribution in [0.1, 0.15) is 0 Å². The second kappa shape index (κ2) is 3.43. The topological polar surface area (TPSA) is 101 Å². The van der Waals surface area contributed by atoms with Gasteiger partial charge in [-0.2, -0.15) is 12.6 Å². The zero-order valence-corrected chi connectivity index (χ0v) is 5.78. The number of nitrogens with two attached hydrogens (primary N) is 1. The molecular weight excluding hydrogens is 158 g/mol. The Bertz CT molecular complexity index is 141. The third-order valence-corrected chi connectivity index (χ3v) is 1.42. The fourth-order valence-electron chi connectivity index (χ4n) is 0.289. The van der Waals surface area contributed by atoms with Gasteiger partial charge in [-0.3, -0.25) is 9.59 Å². The van der Waals surface area contributed by atoms with Crippen LogP contribution < -0.4 is 5.73 Å². The monoisotopic (exact) mass is 165 g/mol. The summed E-state index contributed by atoms with van der Waals surface area (Å²) in [7, 11) is 0. The fourth-order valence-corrected chi connectivity index (χ4v) is 0.416. The Labute approximate surface area is 62.2 Å². The van der Waals surface area contributed by atoms with Gasteiger partial charge in [0.25, 0.3) is 0 Å². The normalized spacial score (nSPS) is 15.8. The maximum Gasteiger partial charge on any atom is 0.322 e. The van der Waals surface area contributed by atoms with E-state index >= 15 is 0 Å². The summed E-state index contributed by atoms with van der Waals surface area (Å²) in [6.45, 7) is 0. The van der Waals surface area contributed by atoms with Crippen molar-refractivity contribution in [2.45, 2.75) is 11.3 Å². The van der Waals surface area contributed by atoms with Gasteiger partial charge in [-0.25, -0.2) is 0 Å². The Morgan fingerprint density at radius 2 is 1.70 bits per heavy atom. The summed E-state index contributed by atoms with van der Waals surface area (Å²) in [5.41, 5.74) is 4.90. The van der Waals surface area contributed by atoms with E-state index < -0.39 is 23.2 Å². The molecule has 0 bridgehead atoms. The maximum atomic E-state index is 10.0. The molecule has 0 saturated carbocycles. The molecule has 0 aromatic carbocycles. The Balaban J connectivity index is 4.07. The molecule has 0 radical (unpaired) electrons. The number of hydrogen-bond donors (Lipinski definition) is 4. The Morgan fingerprint density at radius 1 is 1.30 bits per heavy atom. The van der Waals surface area contributed by atoms with Crippen LogP contribution in [0.15, 0.2) is 0 Å². The van der Waals surface area contributed by atoms with E-state index in [0.29, 0.717) is 0 Å². The first-order chi connectivity index (χ1) is 4.46. The fraction of sp³-hybridized carbons (Fsp3) is 0.500. The minimum absolute atomic E-state index is 1.33. The highest BCUT2D eigenvalue weighted by molar-refractivity contribution is 7.81. The van der Waals surface area contributed by atoms with E-state index in [0.717, 1.165) is 0 Å². The molecule has 0 heterocycles. The van der Waals surface area contributed by atoms with Gasteiger partial charge >= 0.3 is 11.9 Å². The van der Waals surface area contributed by atoms with Gasteiger partial charge in [0.15, 0.2) is 0 Å². The van der Waals surface area contributed by atoms with Crippen molar-refractivity contribution in [1.82, 2.24) is 0 Å². The molecule has 10 heavy (non-hydrogen) atoms. The van der Waals surface area contributed by atoms with Gasteiger partial charge in [0, 0.05) is 0 Å². The molecule has 0 amide bonds. The lowest BCUT2D eigenvalue weighted by Crippen LogP contribution is -2.43. The van der Waals surface area contributed by atoms with Crippen molar-refractivity contribution in [2.24, 2.45) is 5.73 Å². The number of carbonyl (C=O) groups is 2. The Kier molecular flexibility index (Phi) is 3.17. The van der Waals surface area contributed by atoms with Crippen LogP contribution in [0, 0.1) is 0 Å². The van der Waals surface area contributed by atoms with Crippen molar-refractivity contribution in [3.63, 3.8) is 0 Å². The third kappa shape index (κ3) is 2.24. The molecule has 6 heteroatoms. The van der Waals surface area contributed by atoms with Gasteiger partial charge in [0.05, 0.1) is 0 Å². The van der Waals surface area contributed by atoms with E-state index in [1.807, 2.05) is 0 Å². The summed E-state index contributed by atoms with van der Waals surface area (Å²) in [4.78, 5) is 20.0. The number of hydrogen-bond acceptors (Lipinski definition) is 4. The minimum Gasteiger partial charge on any atom is -0.480 e. The lowest BCUT2D eigenvalue weighted by Gasteiger charge is -2.08. The molecule has 1 unspecified atom stereocenters. The maximum absolute atomic E-state index is 10.0. The van der Waals surface area contributed by atoms with Gasteiger partial charge in [0.1, 0.15) is 11.3 Å². The first-order valence-electron chi connectivity index (χ1n) is 2.36. The van der Waals surface area contributed by atoms with E-state index in [2.05, 4.69) is 12.6 Å². The number of rotatable bonds is 3. The van der Waals surface area contributed by atoms with Crippen molar-refractivity contribution in [3.8, 4) is 0 Å². The van der Waals surface area contributed by atoms with Crippen LogP contribution in [0.5, 0.6) is 0 Å². The molecule has 0 aliphatic heterocycles. The lowest BCUT2D eigenvalue weighted by atomic mass is 10.2. The Morgan fingerprint density at radius 3 is 1.80 bits per heavy atom. The molecule has 5 nitrogen and oxygen atoms in total. The number of aliphatic carboxylic acids is 2. The van der Waals surface area contributed by atoms with Gasteiger partial charge < -0.3 is 15.9 Å². The molecule has 0 aliphatic rings. The van der Waals surface area contributed by atoms with Crippen LogP contribution >= 0.6 is 12.6 Å². The highest BCUT2D eigenvalue weighted by atomic mass is 32.1. The molecule has 0 saturated heterocycles. The van der Waals surface area contributed by atoms with Crippen molar-refractivity contribution in [1.29, 1.82) is 0 Å². The van der Waals surface area contributed by atoms with E-state index in [-0.39, 0.29) is 0 Å². The van der Waals surface area contributed by atoms with Gasteiger partial charge in [-0.05, 0) is 0 Å². The molecule has 58 valence electrons. The first kappa shape index (κ1) is 9.25. The average molecular weight is 165 g/mol. The summed E-state index contributed by atoms with van der Waals surface area (Å²) in [5.74, 6) is -2.71. The van der Waals surface area contributed by atoms with Crippen LogP contribution in [0.3, 0.4) is 0 Å². The van der Waals surface area contributed by atoms with E-state index in [9.17, 15) is 9.59 Å². The van der Waals surface area contributed by atoms with Crippen LogP contribution in [0.4, 0.5) is 0 Å². The zero-order valence-electron chi connectivity index (χ0n) is 4.89. The largest absolute Gasteiger partial charge is 0.480 e. The van der Waals surface area contributed by atoms with E-state index in [1.54, 1.807) is 0 Å². The van der Waals surface area contributed by atoms with E-state index in [4.69, 9.17) is 15.9 Å². The van der Waals surface area contributed by atoms with Crippen LogP contribution in [-0.4, -0.2) is 33.4 Å². The molecular formula is C4H7NO4S. The van der Waals surface area contributed by atoms with Gasteiger partial charge in [0.2, 0.25) is 0 Å². The number of carboxylic acids is 2. The molecule has 0 spiro atoms. The predicted octanol–water partition coefficient (Wildman–Crippen LogP) is -1.22. The number of carboxylic acid groups (broad SMARTS) is 2. The smallest absolute Gasteiger partial charge is 0.322 e. The molecule has 0 aromatic heterocycles. The summed E-state index contributed by atoms with van der Waals surface area (Å²) >= 11 is 3.45. The molecule has 0 aromatic rings. The van der Waals surface area contributed by atoms with Crippen molar-refractivity contribution in [3.05, 3.63) is 0 Å². The van der Waals surface area contributed by atoms with Crippen LogP contribution in [-0.2, 0) is 9.59 Å². The highest BCUT2D eigenvalue weighted by Crippen LogP contribution is 1.99. The molecule has 0 fully saturated rings. The van der Waals surface area contributed by atoms with E-state index in [1.165, 1.54) is 0 Å². The first-order valence-corrected chi connectivity index (χ1v) is 2.87. The predicted molar refractivity (Wildman–Crippen MR) is 36.0 cm³/mol. The second-order valence-electron chi connectivity index (χ2n) is 1.65. The second-order valence-corrected chi connectivity index (χ2v) is 2.20. The summed E-state index contributed by atoms with van der Waals surface area (Å²) in [5, 5.41) is 15.0. The molecule has 2 atom stereocenters. The quantitative estimate of drug-likeness (QED) is 0.393. The van der Waals surface area contributed by atoms with Crippen LogP contribution in [0.25, 0.3) is 0 Å². The van der Waals surface area contributed by atoms with Gasteiger partial charge in [-0.1, -0.05) is 0 Å². The number of thiol groups is 1. The van der Waals surface area contributed by atoms with Gasteiger partial charge in [-0.15, -0.1) is 0 Å². The van der Waals surface area contributed by atoms with Crippen molar-refractivity contribution in [2.75, 3.05) is 0 Å². The standard InChI is InChI=1S/C4H7NO4S/c5-1(3(6)7)2(10)4(8)9/h1-2,10H,5H2,(H,6,7)(H,8,9)/t1-,2?/m0/s1. The van der Waals surface area contributed by atoms with Crippen molar-refractivity contribution >= 4 is 24.6 Å². The SMILES string of the molecule is N[C@H](C(=O)O)C(S)C(=O)O. The molecule has 0 rings (SSSR count). The molecule has 4 N–H and O–H groups in total. The van der Waals surface area contributed by atoms with Crippen LogP contribution in [0.2, 0.25) is 0 Å². The summed E-state index contributed by atoms with van der Waals surface area (Å²) in [6.07, 6.45) is 0.